The van der Waals surface area contributed by atoms with Crippen molar-refractivity contribution in [1.29, 1.82) is 0 Å². The molecule has 2 aromatic heterocycles. The van der Waals surface area contributed by atoms with Crippen LogP contribution in [0.5, 0.6) is 0 Å². The molecule has 1 fully saturated rings. The average molecular weight is 369 g/mol. The van der Waals surface area contributed by atoms with E-state index in [1.165, 1.54) is 4.68 Å². The normalized spacial score (nSPS) is 14.9. The van der Waals surface area contributed by atoms with Crippen LogP contribution in [0.4, 0.5) is 5.69 Å². The number of carbonyl (C=O) groups excluding carboxylic acids is 1. The first-order valence-electron chi connectivity index (χ1n) is 9.66. The quantitative estimate of drug-likeness (QED) is 0.802. The van der Waals surface area contributed by atoms with E-state index in [1.54, 1.807) is 18.5 Å². The maximum Gasteiger partial charge on any atom is 0.268 e. The zero-order valence-electron chi connectivity index (χ0n) is 15.8. The molecule has 1 N–H and O–H groups in total. The van der Waals surface area contributed by atoms with Gasteiger partial charge in [0.15, 0.2) is 0 Å². The van der Waals surface area contributed by atoms with Gasteiger partial charge in [-0.2, -0.15) is 5.10 Å². The Morgan fingerprint density at radius 1 is 1.30 bits per heavy atom. The van der Waals surface area contributed by atoms with Crippen LogP contribution in [0.15, 0.2) is 41.6 Å². The molecule has 7 nitrogen and oxygen atoms in total. The zero-order valence-corrected chi connectivity index (χ0v) is 15.8. The molecule has 0 unspecified atom stereocenters. The lowest BCUT2D eigenvalue weighted by molar-refractivity contribution is -0.125. The predicted octanol–water partition coefficient (Wildman–Crippen LogP) is 1.62. The van der Waals surface area contributed by atoms with Gasteiger partial charge < -0.3 is 10.2 Å². The van der Waals surface area contributed by atoms with E-state index in [0.717, 1.165) is 50.0 Å². The van der Waals surface area contributed by atoms with Crippen molar-refractivity contribution in [2.24, 2.45) is 5.92 Å². The van der Waals surface area contributed by atoms with E-state index in [-0.39, 0.29) is 17.4 Å². The summed E-state index contributed by atoms with van der Waals surface area (Å²) in [5.41, 5.74) is 1.91. The fourth-order valence-corrected chi connectivity index (χ4v) is 3.40. The number of hydrogen-bond donors (Lipinski definition) is 1. The fraction of sp³-hybridized carbons (Fsp3) is 0.500. The Labute approximate surface area is 159 Å². The standard InChI is InChI=1S/C20H27N5O2/c1-2-10-25-19(26)13-18(15-23-25)24-11-6-17(7-12-24)20(27)22-9-5-16-4-3-8-21-14-16/h3-4,8,13-15,17H,2,5-7,9-12H2,1H3,(H,22,27). The van der Waals surface area contributed by atoms with E-state index >= 15 is 0 Å². The van der Waals surface area contributed by atoms with E-state index in [4.69, 9.17) is 0 Å². The Hall–Kier alpha value is -2.70. The van der Waals surface area contributed by atoms with E-state index in [1.807, 2.05) is 25.3 Å². The summed E-state index contributed by atoms with van der Waals surface area (Å²) in [7, 11) is 0. The molecule has 0 aromatic carbocycles. The van der Waals surface area contributed by atoms with Gasteiger partial charge in [0.25, 0.3) is 5.56 Å². The van der Waals surface area contributed by atoms with E-state index in [2.05, 4.69) is 20.3 Å². The number of pyridine rings is 1. The number of anilines is 1. The topological polar surface area (TPSA) is 80.1 Å². The largest absolute Gasteiger partial charge is 0.370 e. The molecule has 0 radical (unpaired) electrons. The van der Waals surface area contributed by atoms with E-state index in [0.29, 0.717) is 13.1 Å². The number of amides is 1. The summed E-state index contributed by atoms with van der Waals surface area (Å²) in [5, 5.41) is 7.28. The van der Waals surface area contributed by atoms with Gasteiger partial charge >= 0.3 is 0 Å². The van der Waals surface area contributed by atoms with Crippen molar-refractivity contribution in [3.63, 3.8) is 0 Å². The molecule has 0 saturated carbocycles. The summed E-state index contributed by atoms with van der Waals surface area (Å²) < 4.78 is 1.49. The summed E-state index contributed by atoms with van der Waals surface area (Å²) in [6.07, 6.45) is 8.58. The highest BCUT2D eigenvalue weighted by Crippen LogP contribution is 2.22. The van der Waals surface area contributed by atoms with Crippen LogP contribution < -0.4 is 15.8 Å². The highest BCUT2D eigenvalue weighted by molar-refractivity contribution is 5.79. The third kappa shape index (κ3) is 5.15. The van der Waals surface area contributed by atoms with Gasteiger partial charge in [0.1, 0.15) is 0 Å². The molecular weight excluding hydrogens is 342 g/mol. The highest BCUT2D eigenvalue weighted by Gasteiger charge is 2.25. The molecule has 0 atom stereocenters. The molecule has 1 amide bonds. The second kappa shape index (κ2) is 9.30. The van der Waals surface area contributed by atoms with Gasteiger partial charge in [0.05, 0.1) is 11.9 Å². The maximum atomic E-state index is 12.4. The Balaban J connectivity index is 1.46. The van der Waals surface area contributed by atoms with Crippen LogP contribution in [0.2, 0.25) is 0 Å². The molecule has 1 aliphatic heterocycles. The molecule has 0 aliphatic carbocycles. The lowest BCUT2D eigenvalue weighted by Crippen LogP contribution is -2.41. The lowest BCUT2D eigenvalue weighted by atomic mass is 9.95. The van der Waals surface area contributed by atoms with Gasteiger partial charge in [-0.3, -0.25) is 14.6 Å². The molecule has 3 rings (SSSR count). The van der Waals surface area contributed by atoms with Crippen LogP contribution in [0.1, 0.15) is 31.7 Å². The smallest absolute Gasteiger partial charge is 0.268 e. The predicted molar refractivity (Wildman–Crippen MR) is 105 cm³/mol. The van der Waals surface area contributed by atoms with Gasteiger partial charge in [0, 0.05) is 50.6 Å². The Kier molecular flexibility index (Phi) is 6.57. The summed E-state index contributed by atoms with van der Waals surface area (Å²) >= 11 is 0. The number of aryl methyl sites for hydroxylation is 1. The van der Waals surface area contributed by atoms with E-state index < -0.39 is 0 Å². The molecule has 1 saturated heterocycles. The van der Waals surface area contributed by atoms with Gasteiger partial charge in [-0.25, -0.2) is 4.68 Å². The molecular formula is C20H27N5O2. The van der Waals surface area contributed by atoms with Crippen LogP contribution in [-0.4, -0.2) is 40.3 Å². The SMILES string of the molecule is CCCn1ncc(N2CCC(C(=O)NCCc3cccnc3)CC2)cc1=O. The molecule has 7 heteroatoms. The summed E-state index contributed by atoms with van der Waals surface area (Å²) in [5.74, 6) is 0.151. The molecule has 27 heavy (non-hydrogen) atoms. The number of carbonyl (C=O) groups is 1. The van der Waals surface area contributed by atoms with Crippen LogP contribution in [-0.2, 0) is 17.8 Å². The second-order valence-corrected chi connectivity index (χ2v) is 6.94. The Morgan fingerprint density at radius 3 is 2.78 bits per heavy atom. The fourth-order valence-electron chi connectivity index (χ4n) is 3.40. The zero-order chi connectivity index (χ0) is 19.1. The number of aromatic nitrogens is 3. The van der Waals surface area contributed by atoms with Crippen LogP contribution >= 0.6 is 0 Å². The summed E-state index contributed by atoms with van der Waals surface area (Å²) in [6.45, 7) is 4.82. The van der Waals surface area contributed by atoms with Crippen molar-refractivity contribution in [2.45, 2.75) is 39.2 Å². The van der Waals surface area contributed by atoms with Crippen LogP contribution in [0.3, 0.4) is 0 Å². The molecule has 0 bridgehead atoms. The van der Waals surface area contributed by atoms with Crippen molar-refractivity contribution < 1.29 is 4.79 Å². The molecule has 3 heterocycles. The third-order valence-electron chi connectivity index (χ3n) is 4.96. The van der Waals surface area contributed by atoms with Crippen molar-refractivity contribution >= 4 is 11.6 Å². The summed E-state index contributed by atoms with van der Waals surface area (Å²) in [6, 6.07) is 5.57. The number of nitrogens with zero attached hydrogens (tertiary/aromatic N) is 4. The Morgan fingerprint density at radius 2 is 2.11 bits per heavy atom. The number of nitrogens with one attached hydrogen (secondary N) is 1. The minimum atomic E-state index is -0.0652. The minimum Gasteiger partial charge on any atom is -0.370 e. The first-order valence-corrected chi connectivity index (χ1v) is 9.66. The first-order chi connectivity index (χ1) is 13.2. The lowest BCUT2D eigenvalue weighted by Gasteiger charge is -2.32. The first kappa shape index (κ1) is 19.1. The van der Waals surface area contributed by atoms with Crippen LogP contribution in [0, 0.1) is 5.92 Å². The second-order valence-electron chi connectivity index (χ2n) is 6.94. The average Bonchev–Trinajstić information content (AvgIpc) is 2.70. The summed E-state index contributed by atoms with van der Waals surface area (Å²) in [4.78, 5) is 30.7. The van der Waals surface area contributed by atoms with Gasteiger partial charge in [0.2, 0.25) is 5.91 Å². The van der Waals surface area contributed by atoms with Crippen molar-refractivity contribution in [3.05, 3.63) is 52.7 Å². The number of rotatable bonds is 7. The van der Waals surface area contributed by atoms with Crippen molar-refractivity contribution in [3.8, 4) is 0 Å². The molecule has 0 spiro atoms. The monoisotopic (exact) mass is 369 g/mol. The van der Waals surface area contributed by atoms with Gasteiger partial charge in [-0.15, -0.1) is 0 Å². The molecule has 144 valence electrons. The highest BCUT2D eigenvalue weighted by atomic mass is 16.2. The van der Waals surface area contributed by atoms with Crippen molar-refractivity contribution in [2.75, 3.05) is 24.5 Å². The number of hydrogen-bond acceptors (Lipinski definition) is 5. The van der Waals surface area contributed by atoms with Gasteiger partial charge in [-0.05, 0) is 37.3 Å². The minimum absolute atomic E-state index is 0.0311. The van der Waals surface area contributed by atoms with Gasteiger partial charge in [-0.1, -0.05) is 13.0 Å². The van der Waals surface area contributed by atoms with Crippen molar-refractivity contribution in [1.82, 2.24) is 20.1 Å². The third-order valence-corrected chi connectivity index (χ3v) is 4.96. The molecule has 2 aromatic rings. The number of piperidine rings is 1. The van der Waals surface area contributed by atoms with Crippen LogP contribution in [0.25, 0.3) is 0 Å². The van der Waals surface area contributed by atoms with E-state index in [9.17, 15) is 9.59 Å². The Bertz CT molecular complexity index is 798. The maximum absolute atomic E-state index is 12.4. The molecule has 1 aliphatic rings.